The first-order chi connectivity index (χ1) is 19.4. The Kier molecular flexibility index (Phi) is 9.33. The number of benzene rings is 1. The van der Waals surface area contributed by atoms with Gasteiger partial charge >= 0.3 is 0 Å². The van der Waals surface area contributed by atoms with Crippen molar-refractivity contribution in [3.8, 4) is 5.82 Å². The Labute approximate surface area is 237 Å². The van der Waals surface area contributed by atoms with Gasteiger partial charge < -0.3 is 25.0 Å². The first-order valence-corrected chi connectivity index (χ1v) is 14.5. The third-order valence-electron chi connectivity index (χ3n) is 8.18. The van der Waals surface area contributed by atoms with Crippen molar-refractivity contribution in [1.82, 2.24) is 29.2 Å². The van der Waals surface area contributed by atoms with Gasteiger partial charge in [-0.2, -0.15) is 4.98 Å². The first-order valence-electron chi connectivity index (χ1n) is 14.5. The molecule has 2 aliphatic heterocycles. The summed E-state index contributed by atoms with van der Waals surface area (Å²) >= 11 is 0. The van der Waals surface area contributed by atoms with Crippen LogP contribution in [-0.4, -0.2) is 118 Å². The number of hydrogen-bond donors (Lipinski definition) is 3. The van der Waals surface area contributed by atoms with E-state index in [1.54, 1.807) is 0 Å². The van der Waals surface area contributed by atoms with Crippen LogP contribution in [-0.2, 0) is 6.54 Å². The molecule has 2 fully saturated rings. The maximum Gasteiger partial charge on any atom is 0.229 e. The summed E-state index contributed by atoms with van der Waals surface area (Å²) in [5, 5.41) is 21.8. The minimum absolute atomic E-state index is 0.220. The highest BCUT2D eigenvalue weighted by molar-refractivity contribution is 5.64. The van der Waals surface area contributed by atoms with Crippen molar-refractivity contribution in [1.29, 1.82) is 0 Å². The second kappa shape index (κ2) is 13.1. The second-order valence-electron chi connectivity index (χ2n) is 11.1. The van der Waals surface area contributed by atoms with E-state index < -0.39 is 0 Å². The average Bonchev–Trinajstić information content (AvgIpc) is 3.31. The number of aromatic nitrogens is 3. The fraction of sp³-hybridized carbons (Fsp3) is 0.533. The molecule has 0 bridgehead atoms. The van der Waals surface area contributed by atoms with Crippen molar-refractivity contribution < 1.29 is 10.2 Å². The minimum atomic E-state index is 0.220. The van der Waals surface area contributed by atoms with Gasteiger partial charge in [0.05, 0.1) is 13.2 Å². The summed E-state index contributed by atoms with van der Waals surface area (Å²) in [6.07, 6.45) is 6.25. The van der Waals surface area contributed by atoms with Crippen LogP contribution in [0.3, 0.4) is 0 Å². The number of aliphatic hydroxyl groups excluding tert-OH is 2. The van der Waals surface area contributed by atoms with Crippen molar-refractivity contribution >= 4 is 17.3 Å². The van der Waals surface area contributed by atoms with E-state index in [1.165, 1.54) is 22.4 Å². The Morgan fingerprint density at radius 1 is 0.775 bits per heavy atom. The van der Waals surface area contributed by atoms with Gasteiger partial charge in [-0.25, -0.2) is 4.98 Å². The molecule has 2 aromatic heterocycles. The Morgan fingerprint density at radius 3 is 2.08 bits per heavy atom. The minimum Gasteiger partial charge on any atom is -0.395 e. The van der Waals surface area contributed by atoms with E-state index in [2.05, 4.69) is 78.9 Å². The van der Waals surface area contributed by atoms with E-state index in [0.29, 0.717) is 5.95 Å². The summed E-state index contributed by atoms with van der Waals surface area (Å²) in [4.78, 5) is 19.0. The summed E-state index contributed by atoms with van der Waals surface area (Å²) in [6, 6.07) is 6.44. The zero-order valence-electron chi connectivity index (χ0n) is 24.2. The molecular formula is C30H44N8O2. The number of rotatable bonds is 10. The van der Waals surface area contributed by atoms with Gasteiger partial charge in [-0.05, 0) is 55.7 Å². The lowest BCUT2D eigenvalue weighted by atomic mass is 10.1. The molecule has 10 nitrogen and oxygen atoms in total. The van der Waals surface area contributed by atoms with Crippen LogP contribution in [0.1, 0.15) is 22.3 Å². The normalized spacial score (nSPS) is 17.5. The Morgan fingerprint density at radius 2 is 1.43 bits per heavy atom. The van der Waals surface area contributed by atoms with Crippen LogP contribution in [0, 0.1) is 20.8 Å². The van der Waals surface area contributed by atoms with Crippen LogP contribution in [0.2, 0.25) is 0 Å². The predicted molar refractivity (Wildman–Crippen MR) is 160 cm³/mol. The van der Waals surface area contributed by atoms with Gasteiger partial charge in [-0.15, -0.1) is 0 Å². The molecular weight excluding hydrogens is 504 g/mol. The van der Waals surface area contributed by atoms with Gasteiger partial charge in [0.15, 0.2) is 0 Å². The second-order valence-corrected chi connectivity index (χ2v) is 11.1. The number of anilines is 3. The van der Waals surface area contributed by atoms with E-state index >= 15 is 0 Å². The lowest BCUT2D eigenvalue weighted by molar-refractivity contribution is 0.108. The molecule has 40 heavy (non-hydrogen) atoms. The molecule has 2 aliphatic rings. The number of β-amino-alcohol motifs (C(OH)–C–C–N with tert-alkyl or cyclic N) is 2. The molecule has 0 radical (unpaired) electrons. The average molecular weight is 549 g/mol. The Hall–Kier alpha value is -3.02. The fourth-order valence-electron chi connectivity index (χ4n) is 5.77. The molecule has 0 unspecified atom stereocenters. The van der Waals surface area contributed by atoms with Gasteiger partial charge in [0.1, 0.15) is 5.82 Å². The maximum absolute atomic E-state index is 9.21. The number of piperazine rings is 2. The van der Waals surface area contributed by atoms with Crippen molar-refractivity contribution in [2.24, 2.45) is 0 Å². The SMILES string of the molecule is Cc1cn(-c2nc(Nc3ccc(N4CCN(CCO)CC4)c(C)c3)ncc2C)cc1CN1CCN(CCO)CC1. The number of aryl methyl sites for hydroxylation is 3. The highest BCUT2D eigenvalue weighted by Gasteiger charge is 2.20. The Bertz CT molecular complexity index is 1260. The fourth-order valence-corrected chi connectivity index (χ4v) is 5.77. The quantitative estimate of drug-likeness (QED) is 0.352. The summed E-state index contributed by atoms with van der Waals surface area (Å²) in [5.74, 6) is 1.46. The molecule has 2 saturated heterocycles. The molecule has 0 spiro atoms. The van der Waals surface area contributed by atoms with E-state index in [4.69, 9.17) is 4.98 Å². The van der Waals surface area contributed by atoms with E-state index in [-0.39, 0.29) is 13.2 Å². The molecule has 10 heteroatoms. The number of nitrogens with one attached hydrogen (secondary N) is 1. The molecule has 1 aromatic carbocycles. The third kappa shape index (κ3) is 6.82. The first kappa shape index (κ1) is 28.5. The molecule has 3 N–H and O–H groups in total. The standard InChI is InChI=1S/C30H44N8O2/c1-23-18-27(4-5-28(23)37-12-10-35(11-13-37)15-17-40)32-30-31-19-24(2)29(33-30)38-20-25(3)26(22-38)21-36-8-6-34(7-9-36)14-16-39/h4-5,18-20,22,39-40H,6-17,21H2,1-3H3,(H,31,32,33). The van der Waals surface area contributed by atoms with Crippen LogP contribution in [0.25, 0.3) is 5.82 Å². The van der Waals surface area contributed by atoms with E-state index in [1.807, 2.05) is 13.1 Å². The summed E-state index contributed by atoms with van der Waals surface area (Å²) in [5.41, 5.74) is 7.04. The highest BCUT2D eigenvalue weighted by atomic mass is 16.3. The van der Waals surface area contributed by atoms with E-state index in [9.17, 15) is 10.2 Å². The number of nitrogens with zero attached hydrogens (tertiary/aromatic N) is 7. The van der Waals surface area contributed by atoms with Gasteiger partial charge in [-0.3, -0.25) is 14.7 Å². The predicted octanol–water partition coefficient (Wildman–Crippen LogP) is 2.16. The molecule has 0 aliphatic carbocycles. The lowest BCUT2D eigenvalue weighted by Crippen LogP contribution is -2.47. The van der Waals surface area contributed by atoms with Crippen LogP contribution in [0.15, 0.2) is 36.8 Å². The third-order valence-corrected chi connectivity index (χ3v) is 8.18. The molecule has 3 aromatic rings. The van der Waals surface area contributed by atoms with Crippen molar-refractivity contribution in [3.05, 3.63) is 59.0 Å². The largest absolute Gasteiger partial charge is 0.395 e. The van der Waals surface area contributed by atoms with Crippen LogP contribution >= 0.6 is 0 Å². The van der Waals surface area contributed by atoms with Gasteiger partial charge in [0.25, 0.3) is 0 Å². The van der Waals surface area contributed by atoms with Crippen molar-refractivity contribution in [2.75, 3.05) is 88.9 Å². The molecule has 4 heterocycles. The van der Waals surface area contributed by atoms with Crippen LogP contribution in [0.5, 0.6) is 0 Å². The Balaban J connectivity index is 1.24. The van der Waals surface area contributed by atoms with Gasteiger partial charge in [-0.1, -0.05) is 0 Å². The van der Waals surface area contributed by atoms with E-state index in [0.717, 1.165) is 89.1 Å². The lowest BCUT2D eigenvalue weighted by Gasteiger charge is -2.36. The molecule has 216 valence electrons. The van der Waals surface area contributed by atoms with Gasteiger partial charge in [0, 0.05) is 108 Å². The summed E-state index contributed by atoms with van der Waals surface area (Å²) in [7, 11) is 0. The number of hydrogen-bond acceptors (Lipinski definition) is 9. The summed E-state index contributed by atoms with van der Waals surface area (Å²) in [6.45, 7) is 17.2. The monoisotopic (exact) mass is 548 g/mol. The van der Waals surface area contributed by atoms with Crippen molar-refractivity contribution in [2.45, 2.75) is 27.3 Å². The zero-order valence-corrected chi connectivity index (χ0v) is 24.2. The van der Waals surface area contributed by atoms with Crippen LogP contribution < -0.4 is 10.2 Å². The molecule has 0 atom stereocenters. The maximum atomic E-state index is 9.21. The molecule has 0 saturated carbocycles. The number of aliphatic hydroxyl groups is 2. The zero-order chi connectivity index (χ0) is 28.1. The van der Waals surface area contributed by atoms with Crippen molar-refractivity contribution in [3.63, 3.8) is 0 Å². The molecule has 0 amide bonds. The smallest absolute Gasteiger partial charge is 0.229 e. The highest BCUT2D eigenvalue weighted by Crippen LogP contribution is 2.27. The topological polar surface area (TPSA) is 96.2 Å². The van der Waals surface area contributed by atoms with Crippen LogP contribution in [0.4, 0.5) is 17.3 Å². The summed E-state index contributed by atoms with van der Waals surface area (Å²) < 4.78 is 2.12. The van der Waals surface area contributed by atoms with Gasteiger partial charge in [0.2, 0.25) is 5.95 Å². The molecule has 5 rings (SSSR count).